The zero-order chi connectivity index (χ0) is 35.1. The number of nitro groups is 1. The molecule has 1 aromatic rings. The molecule has 13 heteroatoms. The molecule has 2 bridgehead atoms. The lowest BCUT2D eigenvalue weighted by Crippen LogP contribution is -2.65. The van der Waals surface area contributed by atoms with Gasteiger partial charge < -0.3 is 25.3 Å². The Morgan fingerprint density at radius 2 is 1.77 bits per heavy atom. The van der Waals surface area contributed by atoms with Gasteiger partial charge >= 0.3 is 7.12 Å². The Bertz CT molecular complexity index is 1280. The fourth-order valence-electron chi connectivity index (χ4n) is 8.02. The minimum atomic E-state index is -0.879. The van der Waals surface area contributed by atoms with Gasteiger partial charge in [0.1, 0.15) is 6.04 Å². The fraction of sp³-hybridized carbons (Fsp3) is 0.743. The van der Waals surface area contributed by atoms with Crippen LogP contribution in [-0.4, -0.2) is 60.2 Å². The highest BCUT2D eigenvalue weighted by atomic mass is 16.7. The van der Waals surface area contributed by atoms with Gasteiger partial charge in [0, 0.05) is 12.1 Å². The monoisotopic (exact) mass is 668 g/mol. The van der Waals surface area contributed by atoms with Gasteiger partial charge in [-0.15, -0.1) is 0 Å². The van der Waals surface area contributed by atoms with Crippen LogP contribution in [0.15, 0.2) is 24.3 Å². The second kappa shape index (κ2) is 16.5. The van der Waals surface area contributed by atoms with Crippen LogP contribution < -0.4 is 21.4 Å². The summed E-state index contributed by atoms with van der Waals surface area (Å²) in [6.07, 6.45) is 10.3. The van der Waals surface area contributed by atoms with Crippen molar-refractivity contribution in [2.24, 2.45) is 23.2 Å². The maximum Gasteiger partial charge on any atom is 0.481 e. The normalized spacial score (nSPS) is 25.0. The first kappa shape index (κ1) is 37.6. The Kier molecular flexibility index (Phi) is 12.9. The van der Waals surface area contributed by atoms with Gasteiger partial charge in [0.2, 0.25) is 5.91 Å². The van der Waals surface area contributed by atoms with Crippen LogP contribution in [0.2, 0.25) is 0 Å². The van der Waals surface area contributed by atoms with Crippen molar-refractivity contribution in [2.45, 2.75) is 136 Å². The summed E-state index contributed by atoms with van der Waals surface area (Å²) in [5.41, 5.74) is 3.20. The van der Waals surface area contributed by atoms with Crippen molar-refractivity contribution in [3.63, 3.8) is 0 Å². The third-order valence-electron chi connectivity index (χ3n) is 10.9. The van der Waals surface area contributed by atoms with Gasteiger partial charge in [0.15, 0.2) is 5.03 Å². The number of nitrogens with zero attached hydrogens (tertiary/aromatic N) is 1. The van der Waals surface area contributed by atoms with E-state index in [0.29, 0.717) is 30.2 Å². The maximum atomic E-state index is 13.9. The quantitative estimate of drug-likeness (QED) is 0.0356. The number of guanidine groups is 1. The molecular weight excluding hydrogens is 611 g/mol. The lowest BCUT2D eigenvalue weighted by molar-refractivity contribution is -0.525. The van der Waals surface area contributed by atoms with Crippen LogP contribution in [0.25, 0.3) is 0 Å². The molecule has 4 fully saturated rings. The van der Waals surface area contributed by atoms with E-state index in [1.807, 2.05) is 12.1 Å². The zero-order valence-corrected chi connectivity index (χ0v) is 29.7. The first-order valence-electron chi connectivity index (χ1n) is 18.0. The van der Waals surface area contributed by atoms with Gasteiger partial charge in [0.25, 0.3) is 11.9 Å². The van der Waals surface area contributed by atoms with E-state index in [9.17, 15) is 19.7 Å². The summed E-state index contributed by atoms with van der Waals surface area (Å²) in [4.78, 5) is 38.0. The molecule has 3 saturated carbocycles. The average molecular weight is 669 g/mol. The highest BCUT2D eigenvalue weighted by Crippen LogP contribution is 2.65. The van der Waals surface area contributed by atoms with Gasteiger partial charge in [-0.25, -0.2) is 10.1 Å². The van der Waals surface area contributed by atoms with E-state index < -0.39 is 35.7 Å². The van der Waals surface area contributed by atoms with Crippen molar-refractivity contribution in [3.05, 3.63) is 45.5 Å². The third-order valence-corrected chi connectivity index (χ3v) is 10.9. The molecule has 4 aliphatic rings. The summed E-state index contributed by atoms with van der Waals surface area (Å²) in [6, 6.07) is 6.67. The SMILES string of the molecule is CCCCCCCc1ccc(C(=O)N[C@@H](CCCNC(=N)N[N+](=O)[O-])C(=O)N[C@@H](CC(C)C)B2O[C@@H]3C[C@@H]4C[C@@H](C4(C)C)[C@]3(C)O2)cc1. The Balaban J connectivity index is 1.42. The maximum absolute atomic E-state index is 13.9. The van der Waals surface area contributed by atoms with Crippen LogP contribution in [0.5, 0.6) is 0 Å². The number of hydrazine groups is 1. The lowest BCUT2D eigenvalue weighted by Gasteiger charge is -2.64. The molecule has 0 unspecified atom stereocenters. The van der Waals surface area contributed by atoms with E-state index in [2.05, 4.69) is 57.5 Å². The molecule has 3 aliphatic carbocycles. The van der Waals surface area contributed by atoms with E-state index in [1.165, 1.54) is 31.2 Å². The number of benzene rings is 1. The zero-order valence-electron chi connectivity index (χ0n) is 29.7. The van der Waals surface area contributed by atoms with Crippen LogP contribution in [0.4, 0.5) is 0 Å². The summed E-state index contributed by atoms with van der Waals surface area (Å²) in [5.74, 6) is -0.292. The summed E-state index contributed by atoms with van der Waals surface area (Å²) in [5, 5.41) is 26.2. The number of carbonyl (C=O) groups excluding carboxylic acids is 2. The van der Waals surface area contributed by atoms with Gasteiger partial charge in [-0.3, -0.25) is 15.0 Å². The number of unbranched alkanes of at least 4 members (excludes halogenated alkanes) is 4. The highest BCUT2D eigenvalue weighted by Gasteiger charge is 2.68. The summed E-state index contributed by atoms with van der Waals surface area (Å²) in [6.45, 7) is 13.4. The first-order valence-corrected chi connectivity index (χ1v) is 18.0. The Morgan fingerprint density at radius 1 is 1.06 bits per heavy atom. The van der Waals surface area contributed by atoms with E-state index in [1.54, 1.807) is 17.6 Å². The molecule has 6 atom stereocenters. The smallest absolute Gasteiger partial charge is 0.404 e. The van der Waals surface area contributed by atoms with E-state index in [-0.39, 0.29) is 42.2 Å². The number of hydrogen-bond donors (Lipinski definition) is 5. The minimum Gasteiger partial charge on any atom is -0.404 e. The molecule has 0 spiro atoms. The third kappa shape index (κ3) is 9.28. The largest absolute Gasteiger partial charge is 0.481 e. The van der Waals surface area contributed by atoms with Crippen LogP contribution in [-0.2, 0) is 20.5 Å². The molecule has 0 radical (unpaired) electrons. The van der Waals surface area contributed by atoms with Crippen molar-refractivity contribution in [1.29, 1.82) is 5.41 Å². The van der Waals surface area contributed by atoms with Crippen LogP contribution in [0, 0.1) is 38.7 Å². The molecule has 2 amide bonds. The van der Waals surface area contributed by atoms with E-state index >= 15 is 0 Å². The Labute approximate surface area is 286 Å². The van der Waals surface area contributed by atoms with E-state index in [4.69, 9.17) is 14.7 Å². The topological polar surface area (TPSA) is 168 Å². The van der Waals surface area contributed by atoms with Gasteiger partial charge in [-0.05, 0) is 92.7 Å². The predicted molar refractivity (Wildman–Crippen MR) is 187 cm³/mol. The second-order valence-corrected chi connectivity index (χ2v) is 15.3. The summed E-state index contributed by atoms with van der Waals surface area (Å²) in [7, 11) is -0.595. The van der Waals surface area contributed by atoms with Gasteiger partial charge in [0.05, 0.1) is 17.6 Å². The molecule has 12 nitrogen and oxygen atoms in total. The highest BCUT2D eigenvalue weighted by molar-refractivity contribution is 6.48. The van der Waals surface area contributed by atoms with E-state index in [0.717, 1.165) is 25.7 Å². The molecule has 5 N–H and O–H groups in total. The second-order valence-electron chi connectivity index (χ2n) is 15.3. The standard InChI is InChI=1S/C35H57BN6O6/c1-7-8-9-10-11-13-24-15-17-25(18-16-24)31(43)39-27(14-12-19-38-33(37)41-42(45)46)32(44)40-30(20-23(2)3)36-47-29-22-26-21-28(34(26,4)5)35(29,6)48-36/h15-18,23,26-30H,7-14,19-22H2,1-6H3,(H,39,43)(H,40,44)(H3,37,38,41)/t26-,27-,28-,29+,30-,35-/m0/s1. The molecule has 1 heterocycles. The number of hydrogen-bond acceptors (Lipinski definition) is 7. The molecule has 5 rings (SSSR count). The first-order chi connectivity index (χ1) is 22.7. The molecule has 48 heavy (non-hydrogen) atoms. The summed E-state index contributed by atoms with van der Waals surface area (Å²) >= 11 is 0. The van der Waals surface area contributed by atoms with Crippen molar-refractivity contribution in [3.8, 4) is 0 Å². The van der Waals surface area contributed by atoms with Gasteiger partial charge in [-0.1, -0.05) is 77.9 Å². The van der Waals surface area contributed by atoms with Crippen LogP contribution in [0.3, 0.4) is 0 Å². The average Bonchev–Trinajstić information content (AvgIpc) is 3.39. The van der Waals surface area contributed by atoms with Crippen LogP contribution in [0.1, 0.15) is 122 Å². The van der Waals surface area contributed by atoms with Gasteiger partial charge in [-0.2, -0.15) is 0 Å². The fourth-order valence-corrected chi connectivity index (χ4v) is 8.02. The molecule has 1 aliphatic heterocycles. The van der Waals surface area contributed by atoms with Crippen molar-refractivity contribution < 1.29 is 23.9 Å². The number of amides is 2. The molecule has 266 valence electrons. The Morgan fingerprint density at radius 3 is 2.42 bits per heavy atom. The van der Waals surface area contributed by atoms with Crippen molar-refractivity contribution in [1.82, 2.24) is 21.4 Å². The lowest BCUT2D eigenvalue weighted by atomic mass is 9.43. The minimum absolute atomic E-state index is 0.0187. The number of aryl methyl sites for hydroxylation is 1. The Hall–Kier alpha value is -3.19. The number of rotatable bonds is 18. The molecule has 1 saturated heterocycles. The molecular formula is C35H57BN6O6. The summed E-state index contributed by atoms with van der Waals surface area (Å²) < 4.78 is 13.3. The van der Waals surface area contributed by atoms with Crippen molar-refractivity contribution in [2.75, 3.05) is 6.54 Å². The predicted octanol–water partition coefficient (Wildman–Crippen LogP) is 5.18. The van der Waals surface area contributed by atoms with Crippen molar-refractivity contribution >= 4 is 24.9 Å². The molecule has 0 aromatic heterocycles. The molecule has 1 aromatic carbocycles. The number of nitrogens with one attached hydrogen (secondary N) is 5. The van der Waals surface area contributed by atoms with Crippen LogP contribution >= 0.6 is 0 Å². The number of carbonyl (C=O) groups is 2.